The van der Waals surface area contributed by atoms with Crippen molar-refractivity contribution in [3.05, 3.63) is 29.8 Å². The van der Waals surface area contributed by atoms with Crippen molar-refractivity contribution in [2.24, 2.45) is 11.8 Å². The van der Waals surface area contributed by atoms with Crippen molar-refractivity contribution in [2.75, 3.05) is 26.8 Å². The number of ether oxygens (including phenoxy) is 2. The van der Waals surface area contributed by atoms with Gasteiger partial charge in [-0.3, -0.25) is 4.79 Å². The molecule has 0 spiro atoms. The van der Waals surface area contributed by atoms with Crippen molar-refractivity contribution < 1.29 is 19.1 Å². The molecule has 1 saturated heterocycles. The summed E-state index contributed by atoms with van der Waals surface area (Å²) in [6.07, 6.45) is 0. The fraction of sp³-hybridized carbons (Fsp3) is 0.500. The van der Waals surface area contributed by atoms with Gasteiger partial charge in [-0.25, -0.2) is 4.79 Å². The minimum absolute atomic E-state index is 0.0139. The zero-order chi connectivity index (χ0) is 15.9. The molecule has 6 nitrogen and oxygen atoms in total. The standard InChI is InChI=1S/C16H22N2O4/c1-11(13-8-17-9-13)16(20)18-7-12-4-3-5-14(6-12)22-10-15(19)21-2/h3-6,11,13,17H,7-10H2,1-2H3,(H,18,20). The number of hydrogen-bond donors (Lipinski definition) is 2. The Bertz CT molecular complexity index is 529. The lowest BCUT2D eigenvalue weighted by molar-refractivity contribution is -0.142. The van der Waals surface area contributed by atoms with Crippen molar-refractivity contribution in [1.29, 1.82) is 0 Å². The maximum atomic E-state index is 12.1. The molecule has 120 valence electrons. The Kier molecular flexibility index (Phi) is 5.77. The van der Waals surface area contributed by atoms with Gasteiger partial charge in [0.25, 0.3) is 0 Å². The lowest BCUT2D eigenvalue weighted by atomic mass is 9.88. The summed E-state index contributed by atoms with van der Waals surface area (Å²) in [4.78, 5) is 23.1. The molecule has 0 radical (unpaired) electrons. The molecule has 1 atom stereocenters. The molecule has 0 bridgehead atoms. The van der Waals surface area contributed by atoms with Gasteiger partial charge in [-0.15, -0.1) is 0 Å². The second-order valence-corrected chi connectivity index (χ2v) is 5.44. The number of methoxy groups -OCH3 is 1. The fourth-order valence-electron chi connectivity index (χ4n) is 2.18. The summed E-state index contributed by atoms with van der Waals surface area (Å²) in [5.74, 6) is 0.650. The SMILES string of the molecule is COC(=O)COc1cccc(CNC(=O)C(C)C2CNC2)c1. The van der Waals surface area contributed by atoms with E-state index in [4.69, 9.17) is 4.74 Å². The Hall–Kier alpha value is -2.08. The van der Waals surface area contributed by atoms with Crippen molar-refractivity contribution >= 4 is 11.9 Å². The first kappa shape index (κ1) is 16.3. The Morgan fingerprint density at radius 2 is 2.18 bits per heavy atom. The monoisotopic (exact) mass is 306 g/mol. The van der Waals surface area contributed by atoms with Crippen LogP contribution in [0.25, 0.3) is 0 Å². The summed E-state index contributed by atoms with van der Waals surface area (Å²) in [5, 5.41) is 6.11. The highest BCUT2D eigenvalue weighted by molar-refractivity contribution is 5.78. The average molecular weight is 306 g/mol. The molecule has 2 rings (SSSR count). The van der Waals surface area contributed by atoms with E-state index in [-0.39, 0.29) is 18.4 Å². The highest BCUT2D eigenvalue weighted by Crippen LogP contribution is 2.17. The summed E-state index contributed by atoms with van der Waals surface area (Å²) >= 11 is 0. The molecule has 0 saturated carbocycles. The quantitative estimate of drug-likeness (QED) is 0.726. The van der Waals surface area contributed by atoms with E-state index < -0.39 is 5.97 Å². The minimum atomic E-state index is -0.429. The molecule has 0 aliphatic carbocycles. The fourth-order valence-corrected chi connectivity index (χ4v) is 2.18. The van der Waals surface area contributed by atoms with E-state index in [1.165, 1.54) is 7.11 Å². The number of rotatable bonds is 7. The lowest BCUT2D eigenvalue weighted by Gasteiger charge is -2.31. The number of nitrogens with one attached hydrogen (secondary N) is 2. The van der Waals surface area contributed by atoms with E-state index in [1.54, 1.807) is 12.1 Å². The van der Waals surface area contributed by atoms with E-state index in [2.05, 4.69) is 15.4 Å². The molecular weight excluding hydrogens is 284 g/mol. The van der Waals surface area contributed by atoms with Crippen molar-refractivity contribution in [3.8, 4) is 5.75 Å². The van der Waals surface area contributed by atoms with Crippen LogP contribution in [-0.2, 0) is 20.9 Å². The first-order valence-corrected chi connectivity index (χ1v) is 7.37. The van der Waals surface area contributed by atoms with E-state index in [0.717, 1.165) is 18.7 Å². The summed E-state index contributed by atoms with van der Waals surface area (Å²) in [5.41, 5.74) is 0.926. The molecule has 0 aromatic heterocycles. The predicted octanol–water partition coefficient (Wildman–Crippen LogP) is 0.710. The van der Waals surface area contributed by atoms with Crippen LogP contribution in [0.1, 0.15) is 12.5 Å². The molecule has 1 aromatic rings. The van der Waals surface area contributed by atoms with Gasteiger partial charge in [-0.2, -0.15) is 0 Å². The molecule has 1 heterocycles. The molecule has 1 aliphatic rings. The maximum Gasteiger partial charge on any atom is 0.343 e. The van der Waals surface area contributed by atoms with Crippen LogP contribution >= 0.6 is 0 Å². The highest BCUT2D eigenvalue weighted by Gasteiger charge is 2.28. The van der Waals surface area contributed by atoms with Crippen LogP contribution in [0.15, 0.2) is 24.3 Å². The molecule has 2 N–H and O–H groups in total. The van der Waals surface area contributed by atoms with Gasteiger partial charge in [0, 0.05) is 12.5 Å². The van der Waals surface area contributed by atoms with Crippen LogP contribution in [0.3, 0.4) is 0 Å². The van der Waals surface area contributed by atoms with Crippen LogP contribution in [0, 0.1) is 11.8 Å². The van der Waals surface area contributed by atoms with Crippen molar-refractivity contribution in [1.82, 2.24) is 10.6 Å². The molecule has 1 aliphatic heterocycles. The number of amides is 1. The number of hydrogen-bond acceptors (Lipinski definition) is 5. The van der Waals surface area contributed by atoms with Gasteiger partial charge in [0.2, 0.25) is 5.91 Å². The number of benzene rings is 1. The Balaban J connectivity index is 1.82. The van der Waals surface area contributed by atoms with Crippen molar-refractivity contribution in [3.63, 3.8) is 0 Å². The Morgan fingerprint density at radius 1 is 1.41 bits per heavy atom. The predicted molar refractivity (Wildman–Crippen MR) is 81.3 cm³/mol. The largest absolute Gasteiger partial charge is 0.482 e. The summed E-state index contributed by atoms with van der Waals surface area (Å²) in [6, 6.07) is 7.30. The Morgan fingerprint density at radius 3 is 2.82 bits per heavy atom. The molecular formula is C16H22N2O4. The molecule has 1 aromatic carbocycles. The first-order chi connectivity index (χ1) is 10.6. The van der Waals surface area contributed by atoms with Gasteiger partial charge in [-0.05, 0) is 36.7 Å². The first-order valence-electron chi connectivity index (χ1n) is 7.37. The van der Waals surface area contributed by atoms with E-state index in [1.807, 2.05) is 19.1 Å². The van der Waals surface area contributed by atoms with Crippen LogP contribution in [0.5, 0.6) is 5.75 Å². The van der Waals surface area contributed by atoms with Gasteiger partial charge < -0.3 is 20.1 Å². The minimum Gasteiger partial charge on any atom is -0.482 e. The summed E-state index contributed by atoms with van der Waals surface area (Å²) in [6.45, 7) is 4.09. The lowest BCUT2D eigenvalue weighted by Crippen LogP contribution is -2.49. The molecule has 1 fully saturated rings. The molecule has 6 heteroatoms. The van der Waals surface area contributed by atoms with Gasteiger partial charge in [0.1, 0.15) is 5.75 Å². The van der Waals surface area contributed by atoms with E-state index >= 15 is 0 Å². The Labute approximate surface area is 130 Å². The highest BCUT2D eigenvalue weighted by atomic mass is 16.6. The van der Waals surface area contributed by atoms with E-state index in [0.29, 0.717) is 18.2 Å². The summed E-state index contributed by atoms with van der Waals surface area (Å²) < 4.78 is 9.84. The van der Waals surface area contributed by atoms with Crippen LogP contribution in [0.4, 0.5) is 0 Å². The summed E-state index contributed by atoms with van der Waals surface area (Å²) in [7, 11) is 1.32. The zero-order valence-electron chi connectivity index (χ0n) is 12.9. The normalized spacial score (nSPS) is 15.5. The third-order valence-electron chi connectivity index (χ3n) is 3.88. The van der Waals surface area contributed by atoms with Gasteiger partial charge >= 0.3 is 5.97 Å². The zero-order valence-corrected chi connectivity index (χ0v) is 12.9. The molecule has 22 heavy (non-hydrogen) atoms. The van der Waals surface area contributed by atoms with Crippen LogP contribution in [-0.4, -0.2) is 38.7 Å². The van der Waals surface area contributed by atoms with Gasteiger partial charge in [-0.1, -0.05) is 19.1 Å². The second-order valence-electron chi connectivity index (χ2n) is 5.44. The van der Waals surface area contributed by atoms with Gasteiger partial charge in [0.15, 0.2) is 6.61 Å². The third-order valence-corrected chi connectivity index (χ3v) is 3.88. The van der Waals surface area contributed by atoms with Gasteiger partial charge in [0.05, 0.1) is 7.11 Å². The smallest absolute Gasteiger partial charge is 0.343 e. The number of esters is 1. The topological polar surface area (TPSA) is 76.7 Å². The maximum absolute atomic E-state index is 12.1. The van der Waals surface area contributed by atoms with Crippen LogP contribution in [0.2, 0.25) is 0 Å². The number of carbonyl (C=O) groups is 2. The average Bonchev–Trinajstić information content (AvgIpc) is 2.48. The van der Waals surface area contributed by atoms with E-state index in [9.17, 15) is 9.59 Å². The van der Waals surface area contributed by atoms with Crippen LogP contribution < -0.4 is 15.4 Å². The molecule has 1 unspecified atom stereocenters. The van der Waals surface area contributed by atoms with Crippen molar-refractivity contribution in [2.45, 2.75) is 13.5 Å². The second kappa shape index (κ2) is 7.79. The molecule has 1 amide bonds. The third kappa shape index (κ3) is 4.46. The number of carbonyl (C=O) groups excluding carboxylic acids is 2.